The van der Waals surface area contributed by atoms with Gasteiger partial charge in [0.15, 0.2) is 6.10 Å². The largest absolute Gasteiger partial charge is 0.477 e. The molecule has 0 fully saturated rings. The lowest BCUT2D eigenvalue weighted by Gasteiger charge is -2.25. The maximum Gasteiger partial charge on any atom is 0.361 e. The van der Waals surface area contributed by atoms with Crippen molar-refractivity contribution in [1.82, 2.24) is 0 Å². The highest BCUT2D eigenvalue weighted by Crippen LogP contribution is 2.18. The number of carboxylic acids is 1. The van der Waals surface area contributed by atoms with Crippen molar-refractivity contribution in [3.8, 4) is 0 Å². The molecule has 2 unspecified atom stereocenters. The number of hydrogen-bond donors (Lipinski definition) is 1. The van der Waals surface area contributed by atoms with Crippen LogP contribution < -0.4 is 0 Å². The molecule has 0 bridgehead atoms. The highest BCUT2D eigenvalue weighted by atomic mass is 16.7. The summed E-state index contributed by atoms with van der Waals surface area (Å²) in [4.78, 5) is 37.8. The van der Waals surface area contributed by atoms with Gasteiger partial charge in [-0.05, 0) is 141 Å². The van der Waals surface area contributed by atoms with Gasteiger partial charge in [-0.3, -0.25) is 9.59 Å². The number of hydrogen-bond acceptors (Lipinski definition) is 7. The third-order valence-electron chi connectivity index (χ3n) is 17.3. The summed E-state index contributed by atoms with van der Waals surface area (Å²) in [5, 5.41) is 9.78. The number of aliphatic carboxylic acids is 1. The zero-order valence-corrected chi connectivity index (χ0v) is 66.7. The molecule has 0 aliphatic rings. The zero-order chi connectivity index (χ0) is 74.6. The number of esters is 2. The third kappa shape index (κ3) is 83.3. The summed E-state index contributed by atoms with van der Waals surface area (Å²) in [6, 6.07) is 0. The van der Waals surface area contributed by atoms with E-state index in [1.807, 2.05) is 21.1 Å². The van der Waals surface area contributed by atoms with E-state index in [4.69, 9.17) is 18.9 Å². The second kappa shape index (κ2) is 81.8. The molecule has 582 valence electrons. The molecule has 0 saturated carbocycles. The normalized spacial score (nSPS) is 13.7. The van der Waals surface area contributed by atoms with E-state index < -0.39 is 24.3 Å². The third-order valence-corrected chi connectivity index (χ3v) is 17.3. The first-order valence-electron chi connectivity index (χ1n) is 41.6. The highest BCUT2D eigenvalue weighted by molar-refractivity contribution is 5.71. The van der Waals surface area contributed by atoms with Crippen molar-refractivity contribution in [3.63, 3.8) is 0 Å². The summed E-state index contributed by atoms with van der Waals surface area (Å²) >= 11 is 0. The van der Waals surface area contributed by atoms with E-state index in [1.54, 1.807) is 0 Å². The van der Waals surface area contributed by atoms with Gasteiger partial charge in [0.05, 0.1) is 34.4 Å². The molecule has 103 heavy (non-hydrogen) atoms. The lowest BCUT2D eigenvalue weighted by Crippen LogP contribution is -2.40. The van der Waals surface area contributed by atoms with Gasteiger partial charge in [-0.2, -0.15) is 0 Å². The van der Waals surface area contributed by atoms with Crippen LogP contribution in [0.3, 0.4) is 0 Å². The number of rotatable bonds is 75. The number of carbonyl (C=O) groups is 3. The van der Waals surface area contributed by atoms with Crippen LogP contribution in [0.15, 0.2) is 194 Å². The molecule has 0 radical (unpaired) electrons. The molecular weight excluding hydrogens is 1270 g/mol. The predicted molar refractivity (Wildman–Crippen MR) is 446 cm³/mol. The Balaban J connectivity index is 4.10. The Labute approximate surface area is 633 Å². The summed E-state index contributed by atoms with van der Waals surface area (Å²) in [6.07, 6.45) is 123. The highest BCUT2D eigenvalue weighted by Gasteiger charge is 2.25. The second-order valence-electron chi connectivity index (χ2n) is 28.3. The van der Waals surface area contributed by atoms with Crippen molar-refractivity contribution >= 4 is 17.9 Å². The molecule has 0 aromatic rings. The standard InChI is InChI=1S/C94H153NO8/c1-6-8-10-12-14-16-18-20-22-24-26-28-30-32-34-36-38-40-42-44-46-48-50-52-54-56-58-60-62-64-66-68-70-72-74-76-78-80-82-84-91(96)101-88-90(89-102-94(93(98)99)100-87-86-95(3,4)5)103-92(97)85-83-81-79-77-75-73-71-69-67-65-63-61-59-57-55-53-51-49-47-45-43-41-39-37-35-33-31-29-27-25-23-21-19-17-15-13-11-9-7-2/h8-11,14-17,20-23,26-29,32-35,39,41,45,47,51,53,57,59,63,65,69,71,90,94H,6-7,12-13,18-19,24-25,30-31,36-38,40,42-44,46,48-50,52,54-56,58,60-62,64,66-68,70,72-89H2,1-5H3/p+1/b10-8-,11-9-,16-14-,17-15-,22-20-,23-21-,28-26-,29-27-,34-32-,35-33-,41-39-,47-45-,53-51-,59-57-,65-63-,71-69-. The van der Waals surface area contributed by atoms with Crippen LogP contribution in [-0.4, -0.2) is 87.4 Å². The first-order chi connectivity index (χ1) is 50.6. The van der Waals surface area contributed by atoms with E-state index in [2.05, 4.69) is 208 Å². The topological polar surface area (TPSA) is 108 Å². The molecular formula is C94H154NO8+. The molecule has 0 aromatic heterocycles. The van der Waals surface area contributed by atoms with Crippen LogP contribution in [0.25, 0.3) is 0 Å². The van der Waals surface area contributed by atoms with Crippen molar-refractivity contribution in [2.75, 3.05) is 47.5 Å². The Kier molecular flexibility index (Phi) is 77.1. The van der Waals surface area contributed by atoms with E-state index in [1.165, 1.54) is 135 Å². The van der Waals surface area contributed by atoms with Crippen molar-refractivity contribution in [2.24, 2.45) is 0 Å². The minimum absolute atomic E-state index is 0.176. The Hall–Kier alpha value is -5.87. The summed E-state index contributed by atoms with van der Waals surface area (Å²) in [5.41, 5.74) is 0. The smallest absolute Gasteiger partial charge is 0.361 e. The van der Waals surface area contributed by atoms with Crippen LogP contribution in [0, 0.1) is 0 Å². The number of carbonyl (C=O) groups excluding carboxylic acids is 2. The SMILES string of the molecule is CC/C=C\C/C=C\C/C=C\C/C=C\C/C=C\C/C=C\C/C=C\C/C=C\C/C=C\C/C=C\C/C=C\CCCCCCCC(=O)OC(COC(=O)CCCCCCCCCCCCCCCCCCCCCCCCC/C=C\C/C=C\C/C=C\C/C=C\C/C=C\CC)COC(OCC[N+](C)(C)C)C(=O)O. The molecule has 0 heterocycles. The van der Waals surface area contributed by atoms with Crippen LogP contribution in [0.4, 0.5) is 0 Å². The molecule has 0 rings (SSSR count). The van der Waals surface area contributed by atoms with Crippen molar-refractivity contribution in [1.29, 1.82) is 0 Å². The van der Waals surface area contributed by atoms with Crippen LogP contribution in [-0.2, 0) is 33.3 Å². The molecule has 0 spiro atoms. The maximum atomic E-state index is 13.0. The quantitative estimate of drug-likeness (QED) is 0.0211. The maximum absolute atomic E-state index is 13.0. The average molecular weight is 1430 g/mol. The Morgan fingerprint density at radius 2 is 0.524 bits per heavy atom. The summed E-state index contributed by atoms with van der Waals surface area (Å²) in [7, 11) is 5.97. The van der Waals surface area contributed by atoms with Crippen molar-refractivity contribution in [2.45, 2.75) is 334 Å². The van der Waals surface area contributed by atoms with E-state index >= 15 is 0 Å². The Morgan fingerprint density at radius 1 is 0.291 bits per heavy atom. The number of nitrogens with zero attached hydrogens (tertiary/aromatic N) is 1. The first-order valence-corrected chi connectivity index (χ1v) is 41.6. The number of likely N-dealkylation sites (N-methyl/N-ethyl adjacent to an activating group) is 1. The van der Waals surface area contributed by atoms with Crippen LogP contribution in [0.5, 0.6) is 0 Å². The van der Waals surface area contributed by atoms with Gasteiger partial charge in [0.2, 0.25) is 0 Å². The first kappa shape index (κ1) is 97.1. The predicted octanol–water partition coefficient (Wildman–Crippen LogP) is 27.3. The fourth-order valence-corrected chi connectivity index (χ4v) is 11.1. The van der Waals surface area contributed by atoms with Crippen molar-refractivity contribution < 1.29 is 42.9 Å². The Bertz CT molecular complexity index is 2410. The number of quaternary nitrogens is 1. The van der Waals surface area contributed by atoms with Crippen LogP contribution in [0.1, 0.15) is 322 Å². The molecule has 1 N–H and O–H groups in total. The summed E-state index contributed by atoms with van der Waals surface area (Å²) < 4.78 is 23.0. The minimum atomic E-state index is -1.53. The fourth-order valence-electron chi connectivity index (χ4n) is 11.1. The monoisotopic (exact) mass is 1430 g/mol. The Morgan fingerprint density at radius 3 is 0.777 bits per heavy atom. The van der Waals surface area contributed by atoms with Gasteiger partial charge in [-0.1, -0.05) is 362 Å². The van der Waals surface area contributed by atoms with Gasteiger partial charge in [0.25, 0.3) is 6.29 Å². The van der Waals surface area contributed by atoms with Crippen LogP contribution >= 0.6 is 0 Å². The molecule has 9 nitrogen and oxygen atoms in total. The molecule has 9 heteroatoms. The number of allylic oxidation sites excluding steroid dienone is 32. The number of unbranched alkanes of at least 4 members (excludes halogenated alkanes) is 28. The summed E-state index contributed by atoms with van der Waals surface area (Å²) in [6.45, 7) is 4.63. The number of ether oxygens (including phenoxy) is 4. The molecule has 0 aromatic carbocycles. The number of carboxylic acid groups (broad SMARTS) is 1. The molecule has 0 aliphatic carbocycles. The van der Waals surface area contributed by atoms with E-state index in [0.717, 1.165) is 154 Å². The van der Waals surface area contributed by atoms with Gasteiger partial charge in [0.1, 0.15) is 13.2 Å². The van der Waals surface area contributed by atoms with E-state index in [0.29, 0.717) is 23.9 Å². The minimum Gasteiger partial charge on any atom is -0.477 e. The lowest BCUT2D eigenvalue weighted by molar-refractivity contribution is -0.870. The average Bonchev–Trinajstić information content (AvgIpc) is 0.985. The molecule has 0 aliphatic heterocycles. The molecule has 0 amide bonds. The second-order valence-corrected chi connectivity index (χ2v) is 28.3. The lowest BCUT2D eigenvalue weighted by atomic mass is 10.0. The van der Waals surface area contributed by atoms with E-state index in [-0.39, 0.29) is 32.2 Å². The van der Waals surface area contributed by atoms with Gasteiger partial charge >= 0.3 is 17.9 Å². The van der Waals surface area contributed by atoms with Gasteiger partial charge in [0, 0.05) is 12.8 Å². The van der Waals surface area contributed by atoms with Crippen LogP contribution in [0.2, 0.25) is 0 Å². The van der Waals surface area contributed by atoms with Crippen molar-refractivity contribution in [3.05, 3.63) is 194 Å². The van der Waals surface area contributed by atoms with Gasteiger partial charge < -0.3 is 28.5 Å². The van der Waals surface area contributed by atoms with Gasteiger partial charge in [-0.25, -0.2) is 4.79 Å². The summed E-state index contributed by atoms with van der Waals surface area (Å²) in [5.74, 6) is -2.04. The zero-order valence-electron chi connectivity index (χ0n) is 66.7. The molecule has 0 saturated heterocycles. The molecule has 2 atom stereocenters. The van der Waals surface area contributed by atoms with Gasteiger partial charge in [-0.15, -0.1) is 0 Å². The van der Waals surface area contributed by atoms with E-state index in [9.17, 15) is 19.5 Å². The fraction of sp³-hybridized carbons (Fsp3) is 0.628.